The lowest BCUT2D eigenvalue weighted by atomic mass is 9.81. The predicted octanol–water partition coefficient (Wildman–Crippen LogP) is 1.77. The number of hydrogen-bond donors (Lipinski definition) is 2. The molecule has 0 aliphatic heterocycles. The minimum Gasteiger partial charge on any atom is -0.390 e. The predicted molar refractivity (Wildman–Crippen MR) is 52.9 cm³/mol. The third kappa shape index (κ3) is 3.55. The molecule has 3 N–H and O–H groups in total. The van der Waals surface area contributed by atoms with Gasteiger partial charge >= 0.3 is 0 Å². The Morgan fingerprint density at radius 3 is 2.17 bits per heavy atom. The summed E-state index contributed by atoms with van der Waals surface area (Å²) >= 11 is 0. The lowest BCUT2D eigenvalue weighted by Gasteiger charge is -2.33. The Morgan fingerprint density at radius 2 is 1.92 bits per heavy atom. The van der Waals surface area contributed by atoms with Gasteiger partial charge in [-0.05, 0) is 38.1 Å². The van der Waals surface area contributed by atoms with E-state index in [4.69, 9.17) is 5.73 Å². The van der Waals surface area contributed by atoms with Crippen molar-refractivity contribution < 1.29 is 5.11 Å². The maximum atomic E-state index is 10.1. The molecule has 12 heavy (non-hydrogen) atoms. The molecule has 0 radical (unpaired) electrons. The first-order valence-corrected chi connectivity index (χ1v) is 4.86. The summed E-state index contributed by atoms with van der Waals surface area (Å²) in [6.07, 6.45) is 1.79. The average molecular weight is 173 g/mol. The summed E-state index contributed by atoms with van der Waals surface area (Å²) in [5, 5.41) is 10.1. The Kier molecular flexibility index (Phi) is 4.80. The minimum absolute atomic E-state index is 0.236. The Balaban J connectivity index is 4.14. The van der Waals surface area contributed by atoms with Crippen molar-refractivity contribution in [3.05, 3.63) is 0 Å². The van der Waals surface area contributed by atoms with Crippen molar-refractivity contribution in [1.29, 1.82) is 0 Å². The van der Waals surface area contributed by atoms with Crippen LogP contribution in [-0.4, -0.2) is 17.3 Å². The Morgan fingerprint density at radius 1 is 1.42 bits per heavy atom. The monoisotopic (exact) mass is 173 g/mol. The van der Waals surface area contributed by atoms with Gasteiger partial charge in [-0.2, -0.15) is 0 Å². The molecular formula is C10H23NO. The molecule has 0 rings (SSSR count). The summed E-state index contributed by atoms with van der Waals surface area (Å²) in [6.45, 7) is 8.80. The van der Waals surface area contributed by atoms with Crippen LogP contribution in [0.1, 0.15) is 40.5 Å². The van der Waals surface area contributed by atoms with Crippen molar-refractivity contribution >= 4 is 0 Å². The molecule has 0 spiro atoms. The molecule has 74 valence electrons. The van der Waals surface area contributed by atoms with Crippen LogP contribution >= 0.6 is 0 Å². The molecule has 0 saturated heterocycles. The van der Waals surface area contributed by atoms with E-state index < -0.39 is 5.60 Å². The third-order valence-corrected chi connectivity index (χ3v) is 2.48. The standard InChI is InChI=1S/C10H23NO/c1-5-9(7-11)10(4,12)6-8(2)3/h8-9,12H,5-7,11H2,1-4H3. The Labute approximate surface area is 76.2 Å². The number of rotatable bonds is 5. The number of hydrogen-bond acceptors (Lipinski definition) is 2. The average Bonchev–Trinajstić information content (AvgIpc) is 1.85. The molecule has 2 unspecified atom stereocenters. The summed E-state index contributed by atoms with van der Waals surface area (Å²) in [5.41, 5.74) is 5.00. The lowest BCUT2D eigenvalue weighted by molar-refractivity contribution is -0.0170. The first-order chi connectivity index (χ1) is 5.44. The zero-order valence-corrected chi connectivity index (χ0v) is 8.80. The van der Waals surface area contributed by atoms with Gasteiger partial charge < -0.3 is 10.8 Å². The molecular weight excluding hydrogens is 150 g/mol. The van der Waals surface area contributed by atoms with Gasteiger partial charge in [-0.15, -0.1) is 0 Å². The fourth-order valence-electron chi connectivity index (χ4n) is 1.85. The van der Waals surface area contributed by atoms with Gasteiger partial charge in [-0.25, -0.2) is 0 Å². The molecule has 2 atom stereocenters. The van der Waals surface area contributed by atoms with Crippen molar-refractivity contribution in [2.75, 3.05) is 6.54 Å². The highest BCUT2D eigenvalue weighted by molar-refractivity contribution is 4.82. The van der Waals surface area contributed by atoms with E-state index in [0.29, 0.717) is 12.5 Å². The molecule has 0 fully saturated rings. The Bertz CT molecular complexity index is 117. The van der Waals surface area contributed by atoms with E-state index in [0.717, 1.165) is 12.8 Å². The molecule has 0 heterocycles. The van der Waals surface area contributed by atoms with Crippen LogP contribution in [0.25, 0.3) is 0 Å². The molecule has 0 aliphatic carbocycles. The van der Waals surface area contributed by atoms with Crippen LogP contribution in [-0.2, 0) is 0 Å². The second-order valence-electron chi connectivity index (χ2n) is 4.30. The molecule has 0 aromatic rings. The van der Waals surface area contributed by atoms with E-state index in [-0.39, 0.29) is 5.92 Å². The van der Waals surface area contributed by atoms with Gasteiger partial charge in [0.1, 0.15) is 0 Å². The first kappa shape index (κ1) is 11.9. The SMILES string of the molecule is CCC(CN)C(C)(O)CC(C)C. The Hall–Kier alpha value is -0.0800. The second-order valence-corrected chi connectivity index (χ2v) is 4.30. The van der Waals surface area contributed by atoms with E-state index in [2.05, 4.69) is 20.8 Å². The van der Waals surface area contributed by atoms with Crippen molar-refractivity contribution in [1.82, 2.24) is 0 Å². The van der Waals surface area contributed by atoms with Gasteiger partial charge in [-0.3, -0.25) is 0 Å². The van der Waals surface area contributed by atoms with Crippen molar-refractivity contribution in [2.24, 2.45) is 17.6 Å². The van der Waals surface area contributed by atoms with E-state index in [1.165, 1.54) is 0 Å². The quantitative estimate of drug-likeness (QED) is 0.665. The highest BCUT2D eigenvalue weighted by Crippen LogP contribution is 2.26. The first-order valence-electron chi connectivity index (χ1n) is 4.86. The van der Waals surface area contributed by atoms with E-state index >= 15 is 0 Å². The summed E-state index contributed by atoms with van der Waals surface area (Å²) in [5.74, 6) is 0.764. The van der Waals surface area contributed by atoms with Crippen LogP contribution in [0, 0.1) is 11.8 Å². The van der Waals surface area contributed by atoms with Crippen LogP contribution < -0.4 is 5.73 Å². The highest BCUT2D eigenvalue weighted by atomic mass is 16.3. The van der Waals surface area contributed by atoms with Crippen LogP contribution in [0.3, 0.4) is 0 Å². The summed E-state index contributed by atoms with van der Waals surface area (Å²) < 4.78 is 0. The van der Waals surface area contributed by atoms with Gasteiger partial charge in [0.05, 0.1) is 5.60 Å². The lowest BCUT2D eigenvalue weighted by Crippen LogP contribution is -2.39. The highest BCUT2D eigenvalue weighted by Gasteiger charge is 2.29. The van der Waals surface area contributed by atoms with Crippen molar-refractivity contribution in [2.45, 2.75) is 46.1 Å². The van der Waals surface area contributed by atoms with Gasteiger partial charge in [0.2, 0.25) is 0 Å². The van der Waals surface area contributed by atoms with E-state index in [1.807, 2.05) is 6.92 Å². The summed E-state index contributed by atoms with van der Waals surface area (Å²) in [6, 6.07) is 0. The number of nitrogens with two attached hydrogens (primary N) is 1. The molecule has 0 aromatic heterocycles. The van der Waals surface area contributed by atoms with E-state index in [9.17, 15) is 5.11 Å². The number of aliphatic hydroxyl groups is 1. The van der Waals surface area contributed by atoms with Crippen LogP contribution in [0.4, 0.5) is 0 Å². The van der Waals surface area contributed by atoms with Crippen LogP contribution in [0.5, 0.6) is 0 Å². The topological polar surface area (TPSA) is 46.2 Å². The minimum atomic E-state index is -0.586. The van der Waals surface area contributed by atoms with Gasteiger partial charge in [0.15, 0.2) is 0 Å². The van der Waals surface area contributed by atoms with Crippen LogP contribution in [0.2, 0.25) is 0 Å². The summed E-state index contributed by atoms with van der Waals surface area (Å²) in [4.78, 5) is 0. The zero-order chi connectivity index (χ0) is 9.78. The molecule has 0 saturated carbocycles. The molecule has 2 nitrogen and oxygen atoms in total. The van der Waals surface area contributed by atoms with E-state index in [1.54, 1.807) is 0 Å². The molecule has 0 amide bonds. The zero-order valence-electron chi connectivity index (χ0n) is 8.80. The fraction of sp³-hybridized carbons (Fsp3) is 1.00. The molecule has 2 heteroatoms. The molecule has 0 aliphatic rings. The van der Waals surface area contributed by atoms with Crippen molar-refractivity contribution in [3.8, 4) is 0 Å². The van der Waals surface area contributed by atoms with Crippen LogP contribution in [0.15, 0.2) is 0 Å². The smallest absolute Gasteiger partial charge is 0.0662 e. The maximum absolute atomic E-state index is 10.1. The normalized spacial score (nSPS) is 19.2. The fourth-order valence-corrected chi connectivity index (χ4v) is 1.85. The van der Waals surface area contributed by atoms with Gasteiger partial charge in [-0.1, -0.05) is 20.8 Å². The second kappa shape index (κ2) is 4.83. The molecule has 0 bridgehead atoms. The van der Waals surface area contributed by atoms with Gasteiger partial charge in [0, 0.05) is 0 Å². The van der Waals surface area contributed by atoms with Crippen molar-refractivity contribution in [3.63, 3.8) is 0 Å². The summed E-state index contributed by atoms with van der Waals surface area (Å²) in [7, 11) is 0. The third-order valence-electron chi connectivity index (χ3n) is 2.48. The maximum Gasteiger partial charge on any atom is 0.0662 e. The van der Waals surface area contributed by atoms with Gasteiger partial charge in [0.25, 0.3) is 0 Å². The molecule has 0 aromatic carbocycles. The largest absolute Gasteiger partial charge is 0.390 e.